The van der Waals surface area contributed by atoms with Crippen LogP contribution in [0.4, 0.5) is 43.2 Å². The van der Waals surface area contributed by atoms with Gasteiger partial charge in [0.1, 0.15) is 10.7 Å². The second kappa shape index (κ2) is 78.1. The van der Waals surface area contributed by atoms with E-state index in [0.29, 0.717) is 48.5 Å². The molecule has 0 aliphatic carbocycles. The van der Waals surface area contributed by atoms with Gasteiger partial charge in [0.2, 0.25) is 11.8 Å². The van der Waals surface area contributed by atoms with Crippen LogP contribution < -0.4 is 136 Å². The number of benzene rings is 4. The summed E-state index contributed by atoms with van der Waals surface area (Å²) < 4.78 is 50.2. The fourth-order valence-electron chi connectivity index (χ4n) is 5.79. The van der Waals surface area contributed by atoms with E-state index in [0.717, 1.165) is 94.0 Å². The number of halogens is 3. The van der Waals surface area contributed by atoms with E-state index in [4.69, 9.17) is 63.0 Å². The molecule has 0 amide bonds. The number of hydrogen-bond acceptors (Lipinski definition) is 20. The molecule has 0 unspecified atom stereocenters. The summed E-state index contributed by atoms with van der Waals surface area (Å²) in [6, 6.07) is 22.4. The standard InChI is InChI=1S/C11H13N3O.C10H12N2O3.C10H14N2O.C7H6FNO2.C3H7NO.CBrN.CH3F.CH2O3.2CH4O.CH3.2K.Pd.10W.H/c1-7-2-3-9-10(4-7)14(11(12)13-9)8-5-15-6-8;1-7-2-3-10(12(13)14)9(4-7)11-8-5-15-6-8;1-7-2-3-9(11)10(4-7)12-8-5-13-6-8;1-5-2-3-7(9(10)11)6(8)4-5;4-3-1-5-2-3;2-1-3;1-2;2-1-4-3;2*1-2;;;;;;;;;;;;;;;/h2-4,8H,5-6H2,1H3,(H2,12,13);2-4,8,11H,5-6H2,1H3;2-4,8,12H,5-6,11H2,1H3;2-4H,1H3;3H,1-2,4H2;;1H3;1,3H;2*2H,1H3;1H3;;;;;;;;;;;;;;/q;;;;;;;;;;-1;2*+1;;;;;;;;;;;;-1/p-1/i;;;;;;1D;;;;;;;;;;;;;;;;;;. The maximum absolute atomic E-state index is 12.7. The van der Waals surface area contributed by atoms with Gasteiger partial charge >= 0.3 is 108 Å². The average Bonchev–Trinajstić information content (AvgIpc) is 3.62. The zero-order chi connectivity index (χ0) is 55.5. The number of carbonyl (C=O) groups excluding carboxylic acids is 1. The maximum atomic E-state index is 12.7. The number of imidazole rings is 1. The van der Waals surface area contributed by atoms with Gasteiger partial charge in [0, 0.05) is 273 Å². The van der Waals surface area contributed by atoms with Gasteiger partial charge in [-0.25, -0.2) is 4.98 Å². The molecule has 5 heterocycles. The molecule has 4 fully saturated rings. The number of hydrogen-bond donors (Lipinski definition) is 7. The van der Waals surface area contributed by atoms with Crippen LogP contribution in [0.15, 0.2) is 72.8 Å². The fourth-order valence-corrected chi connectivity index (χ4v) is 5.79. The minimum Gasteiger partial charge on any atom is -1.00 e. The molecule has 0 spiro atoms. The molecule has 0 bridgehead atoms. The van der Waals surface area contributed by atoms with Gasteiger partial charge in [-0.2, -0.15) is 9.65 Å². The molecular formula is C47H68BrF2K2N10O13PdW10-. The summed E-state index contributed by atoms with van der Waals surface area (Å²) in [5, 5.41) is 57.0. The molecule has 4 aromatic carbocycles. The van der Waals surface area contributed by atoms with Gasteiger partial charge in [-0.05, 0) is 86.3 Å². The Hall–Kier alpha value is 4.15. The summed E-state index contributed by atoms with van der Waals surface area (Å²) in [6.07, 6.45) is 0. The summed E-state index contributed by atoms with van der Waals surface area (Å²) in [6.45, 7) is 13.3. The van der Waals surface area contributed by atoms with Crippen LogP contribution >= 0.6 is 15.9 Å². The Morgan fingerprint density at radius 2 is 1.05 bits per heavy atom. The number of aryl methyl sites for hydroxylation is 4. The Bertz CT molecular complexity index is 2500. The Morgan fingerprint density at radius 3 is 1.37 bits per heavy atom. The van der Waals surface area contributed by atoms with E-state index < -0.39 is 23.6 Å². The number of rotatable bonds is 8. The summed E-state index contributed by atoms with van der Waals surface area (Å²) in [5.41, 5.74) is 25.2. The third-order valence-corrected chi connectivity index (χ3v) is 9.41. The molecule has 0 atom stereocenters. The molecule has 23 nitrogen and oxygen atoms in total. The van der Waals surface area contributed by atoms with Crippen molar-refractivity contribution in [3.8, 4) is 4.98 Å². The largest absolute Gasteiger partial charge is 1.00 e. The summed E-state index contributed by atoms with van der Waals surface area (Å²) in [4.78, 5) is 36.9. The first-order valence-electron chi connectivity index (χ1n) is 22.0. The third-order valence-electron chi connectivity index (χ3n) is 9.41. The van der Waals surface area contributed by atoms with E-state index >= 15 is 0 Å². The van der Waals surface area contributed by atoms with Crippen molar-refractivity contribution >= 4 is 67.8 Å². The van der Waals surface area contributed by atoms with Crippen molar-refractivity contribution in [3.63, 3.8) is 0 Å². The van der Waals surface area contributed by atoms with E-state index in [2.05, 4.69) is 73.0 Å². The van der Waals surface area contributed by atoms with E-state index in [9.17, 15) is 29.0 Å². The van der Waals surface area contributed by atoms with Crippen molar-refractivity contribution in [2.24, 2.45) is 5.73 Å². The number of aliphatic hydroxyl groups is 2. The predicted octanol–water partition coefficient (Wildman–Crippen LogP) is -0.371. The Labute approximate surface area is 755 Å². The van der Waals surface area contributed by atoms with E-state index in [1.165, 1.54) is 23.3 Å². The van der Waals surface area contributed by atoms with Gasteiger partial charge in [-0.1, -0.05) is 24.3 Å². The molecule has 86 heavy (non-hydrogen) atoms. The Morgan fingerprint density at radius 1 is 0.721 bits per heavy atom. The molecule has 1 aromatic heterocycles. The third kappa shape index (κ3) is 52.3. The molecule has 4 aliphatic rings. The van der Waals surface area contributed by atoms with Gasteiger partial charge in [0.15, 0.2) is 0 Å². The van der Waals surface area contributed by atoms with Crippen molar-refractivity contribution < 1.29 is 399 Å². The van der Waals surface area contributed by atoms with Gasteiger partial charge < -0.3 is 80.6 Å². The Kier molecular flexibility index (Phi) is 112. The van der Waals surface area contributed by atoms with Gasteiger partial charge in [-0.15, -0.1) is 0 Å². The van der Waals surface area contributed by atoms with Crippen LogP contribution in [0.25, 0.3) is 11.0 Å². The number of anilines is 4. The zero-order valence-electron chi connectivity index (χ0n) is 50.1. The number of nitrogens with two attached hydrogens (primary N) is 3. The number of nitrogen functional groups attached to an aromatic ring is 2. The van der Waals surface area contributed by atoms with Crippen LogP contribution in [0.3, 0.4) is 0 Å². The number of fused-ring (bicyclic) bond motifs is 1. The predicted molar refractivity (Wildman–Crippen MR) is 278 cm³/mol. The number of nitrogens with zero attached hydrogens (tertiary/aromatic N) is 5. The van der Waals surface area contributed by atoms with Crippen LogP contribution in [0.2, 0.25) is 0 Å². The molecule has 478 valence electrons. The van der Waals surface area contributed by atoms with Crippen LogP contribution in [0, 0.1) is 71.4 Å². The average molecular weight is 3120 g/mol. The number of nitro benzene ring substituents is 2. The zero-order valence-corrected chi connectivity index (χ0v) is 86.8. The van der Waals surface area contributed by atoms with Gasteiger partial charge in [0.05, 0.1) is 118 Å². The topological polar surface area (TPSA) is 357 Å². The molecule has 4 aliphatic heterocycles. The molecule has 0 radical (unpaired) electrons. The van der Waals surface area contributed by atoms with Crippen molar-refractivity contribution in [2.45, 2.75) is 51.9 Å². The maximum Gasteiger partial charge on any atom is 1.00 e. The van der Waals surface area contributed by atoms with Gasteiger partial charge in [-0.3, -0.25) is 29.4 Å². The summed E-state index contributed by atoms with van der Waals surface area (Å²) in [7, 11) is 1.00. The first-order valence-corrected chi connectivity index (χ1v) is 22.0. The van der Waals surface area contributed by atoms with Crippen LogP contribution in [0.5, 0.6) is 0 Å². The monoisotopic (exact) mass is 3120 g/mol. The van der Waals surface area contributed by atoms with Crippen molar-refractivity contribution in [3.05, 3.63) is 129 Å². The second-order valence-corrected chi connectivity index (χ2v) is 15.3. The number of nitrogens with one attached hydrogen (secondary N) is 2. The van der Waals surface area contributed by atoms with Crippen LogP contribution in [-0.4, -0.2) is 128 Å². The number of aliphatic hydroxyl groups excluding tert-OH is 2. The molecule has 9 rings (SSSR count). The molecule has 0 saturated carbocycles. The van der Waals surface area contributed by atoms with Gasteiger partial charge in [0.25, 0.3) is 12.2 Å². The number of aromatic nitrogens is 2. The minimum absolute atomic E-state index is 0. The number of alkyl halides is 1. The second-order valence-electron chi connectivity index (χ2n) is 14.9. The number of nitriles is 1. The van der Waals surface area contributed by atoms with Crippen LogP contribution in [-0.2, 0) is 260 Å². The number of nitro groups is 2. The van der Waals surface area contributed by atoms with Crippen molar-refractivity contribution in [1.82, 2.24) is 9.55 Å². The molecule has 10 N–H and O–H groups in total. The van der Waals surface area contributed by atoms with Crippen molar-refractivity contribution in [2.75, 3.05) is 96.3 Å². The molecule has 39 heteroatoms. The SMILES string of the molecule is CO.CO.Cc1ccc(N)c(NC2COC2)c1.Cc1ccc([N+](=O)[O-])c(F)c1.Cc1ccc([N+](=O)[O-])c(NC2COC2)c1.Cc1ccc2nc(N)n(C3COC3)c2c1.N#CBr.NC1COC1.O=CO[O-].[2H]CF.[CH3-].[H-].[K+].[K+].[Pd].[W].[W].[W].[W].[W].[W].[W].[W].[W].[W]. The first-order chi connectivity index (χ1) is 34.9. The Balaban J connectivity index is -0.0000000487. The smallest absolute Gasteiger partial charge is 1.00 e. The molecular weight excluding hydrogens is 3050 g/mol. The first kappa shape index (κ1) is 124. The number of carbonyl (C=O) groups is 1. The quantitative estimate of drug-likeness (QED) is 0.0198. The fraction of sp³-hybridized carbons (Fsp3) is 0.404. The van der Waals surface area contributed by atoms with Crippen LogP contribution in [0.1, 0.15) is 31.1 Å². The van der Waals surface area contributed by atoms with E-state index in [1.54, 1.807) is 24.0 Å². The summed E-state index contributed by atoms with van der Waals surface area (Å²) >= 11 is 2.45. The molecule has 5 aromatic rings. The van der Waals surface area contributed by atoms with Crippen molar-refractivity contribution in [1.29, 1.82) is 5.26 Å². The number of ether oxygens (including phenoxy) is 4. The minimum atomic E-state index is -1.00. The molecule has 4 saturated heterocycles. The van der Waals surface area contributed by atoms with E-state index in [1.807, 2.05) is 25.1 Å². The normalized spacial score (nSPS) is 11.7. The summed E-state index contributed by atoms with van der Waals surface area (Å²) in [5.74, 6) is -0.195. The van der Waals surface area contributed by atoms with E-state index in [-0.39, 0.29) is 366 Å².